The van der Waals surface area contributed by atoms with Crippen molar-refractivity contribution in [2.45, 2.75) is 33.2 Å². The Bertz CT molecular complexity index is 571. The summed E-state index contributed by atoms with van der Waals surface area (Å²) < 4.78 is 12.2. The van der Waals surface area contributed by atoms with Gasteiger partial charge in [0.05, 0.1) is 19.7 Å². The molecule has 0 saturated heterocycles. The molecule has 1 heterocycles. The standard InChI is InChI=1S/C20H35N3O4/c1-17(2)14-19(24)22(10-7-12-26-4)16-20(25)23(11-13-27-5)15-18-8-6-9-21(18)3/h6,8-9,17H,7,10-16H2,1-5H3. The molecule has 0 N–H and O–H groups in total. The van der Waals surface area contributed by atoms with E-state index < -0.39 is 0 Å². The molecule has 0 aromatic carbocycles. The van der Waals surface area contributed by atoms with Gasteiger partial charge in [-0.2, -0.15) is 0 Å². The van der Waals surface area contributed by atoms with E-state index in [1.807, 2.05) is 43.8 Å². The Morgan fingerprint density at radius 3 is 2.33 bits per heavy atom. The fourth-order valence-electron chi connectivity index (χ4n) is 2.78. The van der Waals surface area contributed by atoms with Gasteiger partial charge in [0.2, 0.25) is 11.8 Å². The molecule has 0 aliphatic rings. The van der Waals surface area contributed by atoms with Crippen LogP contribution in [0, 0.1) is 5.92 Å². The number of rotatable bonds is 13. The van der Waals surface area contributed by atoms with E-state index in [1.54, 1.807) is 24.0 Å². The van der Waals surface area contributed by atoms with Crippen molar-refractivity contribution in [1.29, 1.82) is 0 Å². The van der Waals surface area contributed by atoms with Gasteiger partial charge in [0.25, 0.3) is 0 Å². The first-order chi connectivity index (χ1) is 12.9. The summed E-state index contributed by atoms with van der Waals surface area (Å²) >= 11 is 0. The molecule has 0 unspecified atom stereocenters. The number of hydrogen-bond acceptors (Lipinski definition) is 4. The van der Waals surface area contributed by atoms with E-state index in [-0.39, 0.29) is 24.3 Å². The third-order valence-electron chi connectivity index (χ3n) is 4.36. The van der Waals surface area contributed by atoms with Crippen LogP contribution >= 0.6 is 0 Å². The molecule has 154 valence electrons. The van der Waals surface area contributed by atoms with Gasteiger partial charge in [-0.25, -0.2) is 0 Å². The number of carbonyl (C=O) groups excluding carboxylic acids is 2. The van der Waals surface area contributed by atoms with Gasteiger partial charge in [0, 0.05) is 59.3 Å². The number of amides is 2. The number of aromatic nitrogens is 1. The van der Waals surface area contributed by atoms with Gasteiger partial charge in [0.1, 0.15) is 0 Å². The molecule has 1 aromatic heterocycles. The van der Waals surface area contributed by atoms with Crippen molar-refractivity contribution in [3.63, 3.8) is 0 Å². The molecule has 1 rings (SSSR count). The minimum atomic E-state index is -0.0669. The maximum atomic E-state index is 13.0. The molecule has 7 heteroatoms. The lowest BCUT2D eigenvalue weighted by Crippen LogP contribution is -2.44. The lowest BCUT2D eigenvalue weighted by Gasteiger charge is -2.28. The molecular weight excluding hydrogens is 346 g/mol. The molecule has 0 fully saturated rings. The maximum Gasteiger partial charge on any atom is 0.242 e. The maximum absolute atomic E-state index is 13.0. The van der Waals surface area contributed by atoms with Crippen molar-refractivity contribution in [2.75, 3.05) is 47.1 Å². The molecule has 2 amide bonds. The summed E-state index contributed by atoms with van der Waals surface area (Å²) in [5, 5.41) is 0. The van der Waals surface area contributed by atoms with Gasteiger partial charge in [-0.1, -0.05) is 13.8 Å². The summed E-state index contributed by atoms with van der Waals surface area (Å²) in [5.74, 6) is 0.202. The number of carbonyl (C=O) groups is 2. The number of hydrogen-bond donors (Lipinski definition) is 0. The predicted molar refractivity (Wildman–Crippen MR) is 105 cm³/mol. The highest BCUT2D eigenvalue weighted by Gasteiger charge is 2.22. The van der Waals surface area contributed by atoms with Crippen LogP contribution in [0.4, 0.5) is 0 Å². The van der Waals surface area contributed by atoms with Crippen LogP contribution in [0.5, 0.6) is 0 Å². The highest BCUT2D eigenvalue weighted by atomic mass is 16.5. The highest BCUT2D eigenvalue weighted by Crippen LogP contribution is 2.09. The minimum Gasteiger partial charge on any atom is -0.385 e. The lowest BCUT2D eigenvalue weighted by atomic mass is 10.1. The number of nitrogens with zero attached hydrogens (tertiary/aromatic N) is 3. The van der Waals surface area contributed by atoms with E-state index in [9.17, 15) is 9.59 Å². The summed E-state index contributed by atoms with van der Waals surface area (Å²) in [5.41, 5.74) is 1.04. The van der Waals surface area contributed by atoms with Crippen molar-refractivity contribution in [1.82, 2.24) is 14.4 Å². The predicted octanol–water partition coefficient (Wildman–Crippen LogP) is 1.91. The Hall–Kier alpha value is -1.86. The minimum absolute atomic E-state index is 0.0139. The number of methoxy groups -OCH3 is 2. The summed E-state index contributed by atoms with van der Waals surface area (Å²) in [6, 6.07) is 3.95. The Labute approximate surface area is 163 Å². The smallest absolute Gasteiger partial charge is 0.242 e. The van der Waals surface area contributed by atoms with Crippen molar-refractivity contribution in [3.8, 4) is 0 Å². The molecule has 1 aromatic rings. The average Bonchev–Trinajstić information content (AvgIpc) is 3.01. The molecule has 0 bridgehead atoms. The molecule has 0 aliphatic carbocycles. The van der Waals surface area contributed by atoms with Crippen LogP contribution < -0.4 is 0 Å². The SMILES string of the molecule is COCCCN(CC(=O)N(CCOC)Cc1cccn1C)C(=O)CC(C)C. The van der Waals surface area contributed by atoms with Gasteiger partial charge in [-0.3, -0.25) is 9.59 Å². The van der Waals surface area contributed by atoms with Crippen LogP contribution in [0.15, 0.2) is 18.3 Å². The Morgan fingerprint density at radius 2 is 1.78 bits per heavy atom. The Morgan fingerprint density at radius 1 is 1.07 bits per heavy atom. The van der Waals surface area contributed by atoms with Crippen molar-refractivity contribution in [2.24, 2.45) is 13.0 Å². The fourth-order valence-corrected chi connectivity index (χ4v) is 2.78. The van der Waals surface area contributed by atoms with Crippen LogP contribution in [0.2, 0.25) is 0 Å². The summed E-state index contributed by atoms with van der Waals surface area (Å²) in [6.45, 7) is 6.63. The zero-order chi connectivity index (χ0) is 20.2. The second-order valence-electron chi connectivity index (χ2n) is 7.18. The van der Waals surface area contributed by atoms with Crippen LogP contribution in [-0.4, -0.2) is 73.2 Å². The quantitative estimate of drug-likeness (QED) is 0.490. The van der Waals surface area contributed by atoms with Crippen molar-refractivity contribution < 1.29 is 19.1 Å². The van der Waals surface area contributed by atoms with Crippen LogP contribution in [-0.2, 0) is 32.7 Å². The summed E-state index contributed by atoms with van der Waals surface area (Å²) in [7, 11) is 5.21. The lowest BCUT2D eigenvalue weighted by molar-refractivity contribution is -0.141. The molecule has 7 nitrogen and oxygen atoms in total. The molecule has 0 atom stereocenters. The second-order valence-corrected chi connectivity index (χ2v) is 7.18. The van der Waals surface area contributed by atoms with E-state index in [2.05, 4.69) is 0 Å². The monoisotopic (exact) mass is 381 g/mol. The fraction of sp³-hybridized carbons (Fsp3) is 0.700. The average molecular weight is 382 g/mol. The van der Waals surface area contributed by atoms with Crippen molar-refractivity contribution in [3.05, 3.63) is 24.0 Å². The molecule has 0 spiro atoms. The zero-order valence-corrected chi connectivity index (χ0v) is 17.4. The van der Waals surface area contributed by atoms with E-state index in [4.69, 9.17) is 9.47 Å². The van der Waals surface area contributed by atoms with Crippen LogP contribution in [0.3, 0.4) is 0 Å². The van der Waals surface area contributed by atoms with Crippen LogP contribution in [0.1, 0.15) is 32.4 Å². The van der Waals surface area contributed by atoms with Gasteiger partial charge in [0.15, 0.2) is 0 Å². The first-order valence-corrected chi connectivity index (χ1v) is 9.52. The molecule has 27 heavy (non-hydrogen) atoms. The third-order valence-corrected chi connectivity index (χ3v) is 4.36. The first-order valence-electron chi connectivity index (χ1n) is 9.52. The highest BCUT2D eigenvalue weighted by molar-refractivity contribution is 5.85. The summed E-state index contributed by atoms with van der Waals surface area (Å²) in [6.07, 6.45) is 3.11. The van der Waals surface area contributed by atoms with E-state index in [1.165, 1.54) is 0 Å². The van der Waals surface area contributed by atoms with E-state index >= 15 is 0 Å². The largest absolute Gasteiger partial charge is 0.385 e. The van der Waals surface area contributed by atoms with Gasteiger partial charge in [-0.15, -0.1) is 0 Å². The normalized spacial score (nSPS) is 11.0. The third kappa shape index (κ3) is 8.58. The van der Waals surface area contributed by atoms with E-state index in [0.717, 1.165) is 5.69 Å². The topological polar surface area (TPSA) is 64.0 Å². The Kier molecular flexibility index (Phi) is 10.7. The van der Waals surface area contributed by atoms with Gasteiger partial charge >= 0.3 is 0 Å². The Balaban J connectivity index is 2.81. The van der Waals surface area contributed by atoms with Crippen molar-refractivity contribution >= 4 is 11.8 Å². The molecule has 0 saturated carbocycles. The zero-order valence-electron chi connectivity index (χ0n) is 17.4. The van der Waals surface area contributed by atoms with Gasteiger partial charge in [-0.05, 0) is 24.5 Å². The number of aryl methyl sites for hydroxylation is 1. The second kappa shape index (κ2) is 12.5. The first kappa shape index (κ1) is 23.2. The number of ether oxygens (including phenoxy) is 2. The molecule has 0 radical (unpaired) electrons. The van der Waals surface area contributed by atoms with E-state index in [0.29, 0.717) is 45.7 Å². The van der Waals surface area contributed by atoms with Gasteiger partial charge < -0.3 is 23.8 Å². The molecular formula is C20H35N3O4. The molecule has 0 aliphatic heterocycles. The summed E-state index contributed by atoms with van der Waals surface area (Å²) in [4.78, 5) is 28.9. The van der Waals surface area contributed by atoms with Crippen LogP contribution in [0.25, 0.3) is 0 Å².